The predicted molar refractivity (Wildman–Crippen MR) is 96.7 cm³/mol. The lowest BCUT2D eigenvalue weighted by molar-refractivity contribution is -0.0540. The van der Waals surface area contributed by atoms with Gasteiger partial charge in [0.2, 0.25) is 0 Å². The van der Waals surface area contributed by atoms with E-state index in [1.54, 1.807) is 24.3 Å². The van der Waals surface area contributed by atoms with Crippen molar-refractivity contribution < 1.29 is 19.5 Å². The first-order chi connectivity index (χ1) is 12.5. The van der Waals surface area contributed by atoms with Crippen molar-refractivity contribution >= 4 is 23.4 Å². The molecule has 138 valence electrons. The molecule has 0 radical (unpaired) electrons. The van der Waals surface area contributed by atoms with Crippen LogP contribution >= 0.6 is 11.6 Å². The molecule has 2 fully saturated rings. The Balaban J connectivity index is 1.67. The van der Waals surface area contributed by atoms with Gasteiger partial charge in [-0.2, -0.15) is 0 Å². The Morgan fingerprint density at radius 3 is 2.85 bits per heavy atom. The summed E-state index contributed by atoms with van der Waals surface area (Å²) in [6, 6.07) is 6.77. The quantitative estimate of drug-likeness (QED) is 0.754. The molecule has 7 nitrogen and oxygen atoms in total. The van der Waals surface area contributed by atoms with Gasteiger partial charge in [-0.1, -0.05) is 16.8 Å². The standard InChI is InChI=1S/C18H20ClN3O4/c19-13-3-1-11(2-4-13)15-14(17(23)24)16(21-26-15)22-8-6-18(25)5-7-20-9-12(18)10-22/h1-4,12,20,25H,5-10H2,(H,23,24)/t12-,18-/m0/s1. The van der Waals surface area contributed by atoms with Crippen LogP contribution in [0.1, 0.15) is 23.2 Å². The van der Waals surface area contributed by atoms with Gasteiger partial charge in [0.1, 0.15) is 0 Å². The van der Waals surface area contributed by atoms with Crippen molar-refractivity contribution in [1.82, 2.24) is 10.5 Å². The minimum absolute atomic E-state index is 0.0299. The van der Waals surface area contributed by atoms with E-state index in [0.29, 0.717) is 48.9 Å². The van der Waals surface area contributed by atoms with E-state index in [4.69, 9.17) is 16.1 Å². The molecular weight excluding hydrogens is 358 g/mol. The first-order valence-electron chi connectivity index (χ1n) is 8.65. The van der Waals surface area contributed by atoms with Crippen LogP contribution in [0.25, 0.3) is 11.3 Å². The molecule has 2 aliphatic rings. The van der Waals surface area contributed by atoms with Crippen LogP contribution in [0, 0.1) is 5.92 Å². The van der Waals surface area contributed by atoms with Crippen LogP contribution in [-0.2, 0) is 0 Å². The first-order valence-corrected chi connectivity index (χ1v) is 9.03. The number of hydrogen-bond acceptors (Lipinski definition) is 6. The number of anilines is 1. The summed E-state index contributed by atoms with van der Waals surface area (Å²) in [5, 5.41) is 28.5. The van der Waals surface area contributed by atoms with Crippen LogP contribution < -0.4 is 10.2 Å². The Morgan fingerprint density at radius 1 is 1.35 bits per heavy atom. The molecular formula is C18H20ClN3O4. The van der Waals surface area contributed by atoms with Crippen LogP contribution in [0.5, 0.6) is 0 Å². The van der Waals surface area contributed by atoms with Gasteiger partial charge in [0.05, 0.1) is 5.60 Å². The highest BCUT2D eigenvalue weighted by Crippen LogP contribution is 2.38. The Morgan fingerprint density at radius 2 is 2.12 bits per heavy atom. The highest BCUT2D eigenvalue weighted by Gasteiger charge is 2.44. The molecule has 0 aliphatic carbocycles. The zero-order valence-corrected chi connectivity index (χ0v) is 14.9. The largest absolute Gasteiger partial charge is 0.477 e. The third-order valence-corrected chi connectivity index (χ3v) is 5.69. The van der Waals surface area contributed by atoms with Crippen molar-refractivity contribution in [3.05, 3.63) is 34.9 Å². The molecule has 2 aromatic rings. The molecule has 0 bridgehead atoms. The zero-order valence-electron chi connectivity index (χ0n) is 14.1. The van der Waals surface area contributed by atoms with E-state index in [2.05, 4.69) is 10.5 Å². The molecule has 26 heavy (non-hydrogen) atoms. The van der Waals surface area contributed by atoms with Crippen LogP contribution in [0.3, 0.4) is 0 Å². The number of benzene rings is 1. The summed E-state index contributed by atoms with van der Waals surface area (Å²) in [5.74, 6) is -0.530. The second-order valence-corrected chi connectivity index (χ2v) is 7.41. The summed E-state index contributed by atoms with van der Waals surface area (Å²) in [6.45, 7) is 2.59. The molecule has 0 amide bonds. The molecule has 0 saturated carbocycles. The number of carbonyl (C=O) groups is 1. The molecule has 2 atom stereocenters. The number of aromatic carboxylic acids is 1. The molecule has 4 rings (SSSR count). The summed E-state index contributed by atoms with van der Waals surface area (Å²) in [7, 11) is 0. The van der Waals surface area contributed by atoms with Crippen LogP contribution in [0.2, 0.25) is 5.02 Å². The molecule has 8 heteroatoms. The number of carboxylic acids is 1. The predicted octanol–water partition coefficient (Wildman–Crippen LogP) is 2.24. The number of piperidine rings is 2. The van der Waals surface area contributed by atoms with E-state index >= 15 is 0 Å². The third kappa shape index (κ3) is 2.96. The maximum absolute atomic E-state index is 11.9. The molecule has 0 unspecified atom stereocenters. The highest BCUT2D eigenvalue weighted by atomic mass is 35.5. The van der Waals surface area contributed by atoms with Gasteiger partial charge in [0, 0.05) is 36.1 Å². The Kier molecular flexibility index (Phi) is 4.38. The van der Waals surface area contributed by atoms with Crippen LogP contribution in [-0.4, -0.2) is 53.1 Å². The maximum atomic E-state index is 11.9. The molecule has 3 N–H and O–H groups in total. The van der Waals surface area contributed by atoms with Crippen LogP contribution in [0.15, 0.2) is 28.8 Å². The summed E-state index contributed by atoms with van der Waals surface area (Å²) in [4.78, 5) is 13.8. The molecule has 3 heterocycles. The lowest BCUT2D eigenvalue weighted by atomic mass is 9.76. The summed E-state index contributed by atoms with van der Waals surface area (Å²) in [5.41, 5.74) is -0.0339. The molecule has 1 aromatic carbocycles. The van der Waals surface area contributed by atoms with Crippen molar-refractivity contribution in [1.29, 1.82) is 0 Å². The molecule has 1 aromatic heterocycles. The van der Waals surface area contributed by atoms with Crippen molar-refractivity contribution in [2.24, 2.45) is 5.92 Å². The maximum Gasteiger partial charge on any atom is 0.343 e. The van der Waals surface area contributed by atoms with Gasteiger partial charge < -0.3 is 25.0 Å². The van der Waals surface area contributed by atoms with Crippen LogP contribution in [0.4, 0.5) is 5.82 Å². The van der Waals surface area contributed by atoms with Gasteiger partial charge in [-0.15, -0.1) is 0 Å². The zero-order chi connectivity index (χ0) is 18.3. The van der Waals surface area contributed by atoms with Crippen molar-refractivity contribution in [2.45, 2.75) is 18.4 Å². The number of fused-ring (bicyclic) bond motifs is 1. The van der Waals surface area contributed by atoms with Crippen molar-refractivity contribution in [3.8, 4) is 11.3 Å². The number of carboxylic acid groups (broad SMARTS) is 1. The summed E-state index contributed by atoms with van der Waals surface area (Å²) >= 11 is 5.91. The average molecular weight is 378 g/mol. The molecule has 0 spiro atoms. The lowest BCUT2D eigenvalue weighted by Gasteiger charge is -2.47. The second-order valence-electron chi connectivity index (χ2n) is 6.97. The Labute approximate surface area is 155 Å². The van der Waals surface area contributed by atoms with E-state index < -0.39 is 11.6 Å². The van der Waals surface area contributed by atoms with E-state index in [1.165, 1.54) is 0 Å². The van der Waals surface area contributed by atoms with Gasteiger partial charge in [-0.3, -0.25) is 0 Å². The number of halogens is 1. The number of rotatable bonds is 3. The second kappa shape index (κ2) is 6.57. The van der Waals surface area contributed by atoms with E-state index in [-0.39, 0.29) is 17.2 Å². The lowest BCUT2D eigenvalue weighted by Crippen LogP contribution is -2.59. The Hall–Kier alpha value is -2.09. The van der Waals surface area contributed by atoms with Crippen molar-refractivity contribution in [3.63, 3.8) is 0 Å². The van der Waals surface area contributed by atoms with E-state index in [1.807, 2.05) is 4.90 Å². The Bertz CT molecular complexity index is 822. The topological polar surface area (TPSA) is 98.8 Å². The SMILES string of the molecule is O=C(O)c1c(N2CC[C@@]3(O)CCNC[C@H]3C2)noc1-c1ccc(Cl)cc1. The number of hydrogen-bond donors (Lipinski definition) is 3. The normalized spacial score (nSPS) is 25.8. The minimum Gasteiger partial charge on any atom is -0.477 e. The van der Waals surface area contributed by atoms with Gasteiger partial charge in [0.25, 0.3) is 0 Å². The third-order valence-electron chi connectivity index (χ3n) is 5.43. The van der Waals surface area contributed by atoms with Crippen molar-refractivity contribution in [2.75, 3.05) is 31.1 Å². The number of aromatic nitrogens is 1. The fraction of sp³-hybridized carbons (Fsp3) is 0.444. The van der Waals surface area contributed by atoms with Gasteiger partial charge in [-0.05, 0) is 43.7 Å². The number of nitrogens with zero attached hydrogens (tertiary/aromatic N) is 2. The number of aliphatic hydroxyl groups is 1. The summed E-state index contributed by atoms with van der Waals surface area (Å²) in [6.07, 6.45) is 1.30. The van der Waals surface area contributed by atoms with E-state index in [0.717, 1.165) is 6.54 Å². The van der Waals surface area contributed by atoms with Gasteiger partial charge in [-0.25, -0.2) is 4.79 Å². The number of nitrogens with one attached hydrogen (secondary N) is 1. The smallest absolute Gasteiger partial charge is 0.343 e. The van der Waals surface area contributed by atoms with E-state index in [9.17, 15) is 15.0 Å². The highest BCUT2D eigenvalue weighted by molar-refractivity contribution is 6.30. The summed E-state index contributed by atoms with van der Waals surface area (Å²) < 4.78 is 5.40. The first kappa shape index (κ1) is 17.3. The minimum atomic E-state index is -1.09. The molecule has 2 aliphatic heterocycles. The molecule has 2 saturated heterocycles. The fourth-order valence-electron chi connectivity index (χ4n) is 3.91. The van der Waals surface area contributed by atoms with Gasteiger partial charge in [0.15, 0.2) is 17.1 Å². The average Bonchev–Trinajstić information content (AvgIpc) is 3.07. The fourth-order valence-corrected chi connectivity index (χ4v) is 4.03. The monoisotopic (exact) mass is 377 g/mol. The van der Waals surface area contributed by atoms with Gasteiger partial charge >= 0.3 is 5.97 Å².